The maximum absolute atomic E-state index is 13.1. The van der Waals surface area contributed by atoms with E-state index in [-0.39, 0.29) is 17.9 Å². The number of rotatable bonds is 5. The van der Waals surface area contributed by atoms with E-state index in [1.165, 1.54) is 12.4 Å². The first-order valence-corrected chi connectivity index (χ1v) is 6.74. The molecule has 5 nitrogen and oxygen atoms in total. The van der Waals surface area contributed by atoms with Gasteiger partial charge in [-0.15, -0.1) is 0 Å². The van der Waals surface area contributed by atoms with Crippen LogP contribution in [0, 0.1) is 11.6 Å². The summed E-state index contributed by atoms with van der Waals surface area (Å²) in [7, 11) is 0. The molecule has 0 atom stereocenters. The molecule has 3 rings (SSSR count). The Labute approximate surface area is 129 Å². The van der Waals surface area contributed by atoms with Crippen molar-refractivity contribution in [3.05, 3.63) is 80.4 Å². The first-order chi connectivity index (χ1) is 11.0. The van der Waals surface area contributed by atoms with E-state index in [2.05, 4.69) is 15.6 Å². The lowest BCUT2D eigenvalue weighted by atomic mass is 10.1. The molecule has 2 N–H and O–H groups in total. The lowest BCUT2D eigenvalue weighted by Crippen LogP contribution is -2.36. The van der Waals surface area contributed by atoms with E-state index in [0.717, 1.165) is 18.2 Å². The third-order valence-corrected chi connectivity index (χ3v) is 3.25. The molecule has 7 heteroatoms. The number of anilines is 3. The van der Waals surface area contributed by atoms with E-state index in [1.54, 1.807) is 12.1 Å². The number of hydrogen-bond acceptors (Lipinski definition) is 5. The normalized spacial score (nSPS) is 10.7. The van der Waals surface area contributed by atoms with Crippen molar-refractivity contribution in [3.63, 3.8) is 0 Å². The predicted molar refractivity (Wildman–Crippen MR) is 82.6 cm³/mol. The Kier molecular flexibility index (Phi) is 3.84. The van der Waals surface area contributed by atoms with Crippen LogP contribution < -0.4 is 21.5 Å². The van der Waals surface area contributed by atoms with Crippen LogP contribution in [0.1, 0.15) is 5.56 Å². The van der Waals surface area contributed by atoms with Crippen molar-refractivity contribution in [2.75, 3.05) is 10.6 Å². The quantitative estimate of drug-likeness (QED) is 0.707. The molecule has 116 valence electrons. The highest BCUT2D eigenvalue weighted by Crippen LogP contribution is 2.21. The number of hydrogen-bond donors (Lipinski definition) is 2. The van der Waals surface area contributed by atoms with Crippen molar-refractivity contribution >= 4 is 17.1 Å². The predicted octanol–water partition coefficient (Wildman–Crippen LogP) is 2.31. The number of benzene rings is 1. The zero-order valence-electron chi connectivity index (χ0n) is 11.8. The zero-order chi connectivity index (χ0) is 16.4. The fourth-order valence-corrected chi connectivity index (χ4v) is 2.16. The molecule has 0 amide bonds. The maximum Gasteiger partial charge on any atom is 0.253 e. The van der Waals surface area contributed by atoms with Crippen molar-refractivity contribution in [2.24, 2.45) is 0 Å². The fourth-order valence-electron chi connectivity index (χ4n) is 2.16. The molecule has 0 bridgehead atoms. The van der Waals surface area contributed by atoms with Gasteiger partial charge in [0.1, 0.15) is 23.0 Å². The Morgan fingerprint density at radius 1 is 0.913 bits per heavy atom. The molecule has 23 heavy (non-hydrogen) atoms. The minimum Gasteiger partial charge on any atom is -0.376 e. The van der Waals surface area contributed by atoms with Crippen LogP contribution in [0.2, 0.25) is 0 Å². The van der Waals surface area contributed by atoms with Gasteiger partial charge in [-0.2, -0.15) is 0 Å². The topological polar surface area (TPSA) is 71.1 Å². The van der Waals surface area contributed by atoms with Crippen LogP contribution in [0.15, 0.2) is 52.3 Å². The summed E-state index contributed by atoms with van der Waals surface area (Å²) in [6.45, 7) is 0.0184. The Morgan fingerprint density at radius 3 is 2.17 bits per heavy atom. The van der Waals surface area contributed by atoms with Crippen LogP contribution in [0.5, 0.6) is 0 Å². The van der Waals surface area contributed by atoms with Crippen molar-refractivity contribution in [2.45, 2.75) is 6.54 Å². The molecular formula is C16H11F2N3O2. The van der Waals surface area contributed by atoms with Gasteiger partial charge in [0.05, 0.1) is 0 Å². The van der Waals surface area contributed by atoms with Crippen LogP contribution in [0.3, 0.4) is 0 Å². The number of nitrogens with one attached hydrogen (secondary N) is 2. The van der Waals surface area contributed by atoms with Gasteiger partial charge in [-0.05, 0) is 29.8 Å². The highest BCUT2D eigenvalue weighted by molar-refractivity contribution is 5.78. The summed E-state index contributed by atoms with van der Waals surface area (Å²) in [5.74, 6) is -1.41. The van der Waals surface area contributed by atoms with E-state index in [1.807, 2.05) is 0 Å². The minimum absolute atomic E-state index is 0.0184. The zero-order valence-corrected chi connectivity index (χ0v) is 11.8. The second-order valence-electron chi connectivity index (χ2n) is 4.90. The molecular weight excluding hydrogens is 304 g/mol. The molecule has 1 heterocycles. The molecule has 0 aliphatic carbocycles. The van der Waals surface area contributed by atoms with Gasteiger partial charge in [0.15, 0.2) is 0 Å². The lowest BCUT2D eigenvalue weighted by molar-refractivity contribution is 0.580. The monoisotopic (exact) mass is 315 g/mol. The molecule has 0 aliphatic heterocycles. The molecule has 0 radical (unpaired) electrons. The summed E-state index contributed by atoms with van der Waals surface area (Å²) in [4.78, 5) is 27.1. The SMILES string of the molecule is O=c1c(NCc2cc(F)cc(F)c2)c(Nc2ccncc2)c1=O. The summed E-state index contributed by atoms with van der Waals surface area (Å²) < 4.78 is 26.3. The van der Waals surface area contributed by atoms with Crippen molar-refractivity contribution in [1.82, 2.24) is 4.98 Å². The smallest absolute Gasteiger partial charge is 0.253 e. The molecule has 0 saturated carbocycles. The van der Waals surface area contributed by atoms with Crippen LogP contribution in [0.4, 0.5) is 25.8 Å². The Bertz CT molecular complexity index is 899. The largest absolute Gasteiger partial charge is 0.376 e. The highest BCUT2D eigenvalue weighted by atomic mass is 19.1. The molecule has 2 aromatic carbocycles. The molecule has 0 fully saturated rings. The summed E-state index contributed by atoms with van der Waals surface area (Å²) >= 11 is 0. The van der Waals surface area contributed by atoms with Gasteiger partial charge in [-0.25, -0.2) is 8.78 Å². The van der Waals surface area contributed by atoms with E-state index in [0.29, 0.717) is 11.3 Å². The van der Waals surface area contributed by atoms with Gasteiger partial charge in [0.2, 0.25) is 0 Å². The van der Waals surface area contributed by atoms with Gasteiger partial charge in [0.25, 0.3) is 10.9 Å². The Morgan fingerprint density at radius 2 is 1.52 bits per heavy atom. The van der Waals surface area contributed by atoms with Gasteiger partial charge >= 0.3 is 0 Å². The third-order valence-electron chi connectivity index (χ3n) is 3.25. The molecule has 0 aliphatic rings. The molecule has 3 aromatic rings. The molecule has 0 unspecified atom stereocenters. The van der Waals surface area contributed by atoms with Crippen molar-refractivity contribution in [1.29, 1.82) is 0 Å². The average Bonchev–Trinajstić information content (AvgIpc) is 2.53. The van der Waals surface area contributed by atoms with E-state index in [9.17, 15) is 18.4 Å². The second-order valence-corrected chi connectivity index (χ2v) is 4.90. The Balaban J connectivity index is 1.77. The fraction of sp³-hybridized carbons (Fsp3) is 0.0625. The summed E-state index contributed by atoms with van der Waals surface area (Å²) in [5.41, 5.74) is -0.167. The van der Waals surface area contributed by atoms with Crippen LogP contribution >= 0.6 is 0 Å². The summed E-state index contributed by atoms with van der Waals surface area (Å²) in [5, 5.41) is 5.56. The molecule has 1 aromatic heterocycles. The van der Waals surface area contributed by atoms with E-state index >= 15 is 0 Å². The van der Waals surface area contributed by atoms with E-state index < -0.39 is 22.5 Å². The van der Waals surface area contributed by atoms with Crippen LogP contribution in [-0.2, 0) is 6.54 Å². The first kappa shape index (κ1) is 14.8. The Hall–Kier alpha value is -3.09. The number of aromatic nitrogens is 1. The third kappa shape index (κ3) is 3.08. The number of pyridine rings is 1. The highest BCUT2D eigenvalue weighted by Gasteiger charge is 2.20. The first-order valence-electron chi connectivity index (χ1n) is 6.74. The van der Waals surface area contributed by atoms with Gasteiger partial charge in [-0.1, -0.05) is 0 Å². The van der Waals surface area contributed by atoms with Gasteiger partial charge < -0.3 is 10.6 Å². The lowest BCUT2D eigenvalue weighted by Gasteiger charge is -2.15. The van der Waals surface area contributed by atoms with Crippen molar-refractivity contribution in [3.8, 4) is 0 Å². The minimum atomic E-state index is -0.707. The van der Waals surface area contributed by atoms with Gasteiger partial charge in [0, 0.05) is 30.7 Å². The van der Waals surface area contributed by atoms with Gasteiger partial charge in [-0.3, -0.25) is 14.6 Å². The van der Waals surface area contributed by atoms with Crippen LogP contribution in [0.25, 0.3) is 0 Å². The van der Waals surface area contributed by atoms with Crippen molar-refractivity contribution < 1.29 is 8.78 Å². The number of nitrogens with zero attached hydrogens (tertiary/aromatic N) is 1. The molecule has 0 saturated heterocycles. The second kappa shape index (κ2) is 5.96. The summed E-state index contributed by atoms with van der Waals surface area (Å²) in [6, 6.07) is 6.34. The maximum atomic E-state index is 13.1. The number of halogens is 2. The van der Waals surface area contributed by atoms with E-state index in [4.69, 9.17) is 0 Å². The summed E-state index contributed by atoms with van der Waals surface area (Å²) in [6.07, 6.45) is 3.08. The standard InChI is InChI=1S/C16H11F2N3O2/c17-10-5-9(6-11(18)7-10)8-20-13-14(16(23)15(13)22)21-12-1-3-19-4-2-12/h1-7,20H,8H2,(H,19,21). The van der Waals surface area contributed by atoms with Crippen LogP contribution in [-0.4, -0.2) is 4.98 Å². The average molecular weight is 315 g/mol. The molecule has 0 spiro atoms.